The second-order valence-electron chi connectivity index (χ2n) is 4.34. The molecule has 92 valence electrons. The number of aromatic nitrogens is 2. The predicted molar refractivity (Wildman–Crippen MR) is 74.5 cm³/mol. The summed E-state index contributed by atoms with van der Waals surface area (Å²) in [4.78, 5) is 8.80. The van der Waals surface area contributed by atoms with Gasteiger partial charge in [-0.15, -0.1) is 0 Å². The molecule has 0 N–H and O–H groups in total. The minimum absolute atomic E-state index is 0.463. The van der Waals surface area contributed by atoms with E-state index in [0.717, 1.165) is 29.9 Å². The van der Waals surface area contributed by atoms with Crippen LogP contribution in [0.5, 0.6) is 0 Å². The second-order valence-corrected chi connectivity index (χ2v) is 5.54. The van der Waals surface area contributed by atoms with Gasteiger partial charge in [-0.1, -0.05) is 40.9 Å². The predicted octanol–water partition coefficient (Wildman–Crippen LogP) is 4.98. The van der Waals surface area contributed by atoms with Crippen molar-refractivity contribution < 1.29 is 0 Å². The molecule has 0 amide bonds. The Labute approximate surface area is 120 Å². The summed E-state index contributed by atoms with van der Waals surface area (Å²) in [6, 6.07) is 7.17. The van der Waals surface area contributed by atoms with Crippen molar-refractivity contribution in [3.63, 3.8) is 0 Å². The van der Waals surface area contributed by atoms with Crippen molar-refractivity contribution in [3.8, 4) is 11.3 Å². The molecule has 3 rings (SSSR count). The largest absolute Gasteiger partial charge is 0.232 e. The minimum Gasteiger partial charge on any atom is -0.232 e. The summed E-state index contributed by atoms with van der Waals surface area (Å²) >= 11 is 17.9. The van der Waals surface area contributed by atoms with Crippen molar-refractivity contribution in [2.24, 2.45) is 0 Å². The molecule has 1 saturated carbocycles. The second kappa shape index (κ2) is 4.69. The van der Waals surface area contributed by atoms with E-state index in [4.69, 9.17) is 34.8 Å². The quantitative estimate of drug-likeness (QED) is 0.731. The van der Waals surface area contributed by atoms with Crippen LogP contribution in [0.15, 0.2) is 24.3 Å². The van der Waals surface area contributed by atoms with Crippen LogP contribution in [0.4, 0.5) is 0 Å². The van der Waals surface area contributed by atoms with Gasteiger partial charge in [-0.2, -0.15) is 0 Å². The van der Waals surface area contributed by atoms with Crippen molar-refractivity contribution in [2.45, 2.75) is 18.8 Å². The zero-order chi connectivity index (χ0) is 12.7. The minimum atomic E-state index is 0.463. The SMILES string of the molecule is Clc1cc(-c2ccc(Cl)c(Cl)c2)nc(C2CC2)n1. The molecular weight excluding hydrogens is 291 g/mol. The van der Waals surface area contributed by atoms with Gasteiger partial charge in [0.1, 0.15) is 11.0 Å². The van der Waals surface area contributed by atoms with Gasteiger partial charge in [-0.3, -0.25) is 0 Å². The Bertz CT molecular complexity index is 609. The van der Waals surface area contributed by atoms with Crippen LogP contribution in [0, 0.1) is 0 Å². The van der Waals surface area contributed by atoms with E-state index in [1.165, 1.54) is 0 Å². The summed E-state index contributed by atoms with van der Waals surface area (Å²) in [6.45, 7) is 0. The van der Waals surface area contributed by atoms with Crippen molar-refractivity contribution in [1.29, 1.82) is 0 Å². The standard InChI is InChI=1S/C13H9Cl3N2/c14-9-4-3-8(5-10(9)15)11-6-12(16)18-13(17-11)7-1-2-7/h3-7H,1-2H2. The summed E-state index contributed by atoms with van der Waals surface area (Å²) in [5.41, 5.74) is 1.69. The monoisotopic (exact) mass is 298 g/mol. The normalized spacial score (nSPS) is 14.8. The number of nitrogens with zero attached hydrogens (tertiary/aromatic N) is 2. The van der Waals surface area contributed by atoms with Gasteiger partial charge in [0.2, 0.25) is 0 Å². The van der Waals surface area contributed by atoms with Gasteiger partial charge in [0, 0.05) is 17.5 Å². The zero-order valence-electron chi connectivity index (χ0n) is 9.33. The lowest BCUT2D eigenvalue weighted by molar-refractivity contribution is 0.931. The molecule has 5 heteroatoms. The van der Waals surface area contributed by atoms with E-state index in [9.17, 15) is 0 Å². The first-order chi connectivity index (χ1) is 8.63. The van der Waals surface area contributed by atoms with Crippen LogP contribution >= 0.6 is 34.8 Å². The number of rotatable bonds is 2. The molecule has 1 aromatic heterocycles. The molecule has 0 radical (unpaired) electrons. The van der Waals surface area contributed by atoms with Gasteiger partial charge in [-0.25, -0.2) is 9.97 Å². The molecule has 1 heterocycles. The van der Waals surface area contributed by atoms with Gasteiger partial charge >= 0.3 is 0 Å². The Kier molecular flexibility index (Phi) is 3.18. The first-order valence-corrected chi connectivity index (χ1v) is 6.77. The van der Waals surface area contributed by atoms with Crippen LogP contribution in [0.1, 0.15) is 24.6 Å². The average molecular weight is 300 g/mol. The molecule has 0 saturated heterocycles. The summed E-state index contributed by atoms with van der Waals surface area (Å²) in [5, 5.41) is 1.51. The van der Waals surface area contributed by atoms with E-state index < -0.39 is 0 Å². The highest BCUT2D eigenvalue weighted by molar-refractivity contribution is 6.42. The summed E-state index contributed by atoms with van der Waals surface area (Å²) in [5.74, 6) is 1.29. The van der Waals surface area contributed by atoms with Crippen molar-refractivity contribution in [3.05, 3.63) is 45.3 Å². The van der Waals surface area contributed by atoms with Crippen molar-refractivity contribution in [1.82, 2.24) is 9.97 Å². The number of hydrogen-bond acceptors (Lipinski definition) is 2. The van der Waals surface area contributed by atoms with E-state index in [1.54, 1.807) is 18.2 Å². The van der Waals surface area contributed by atoms with Crippen LogP contribution < -0.4 is 0 Å². The molecular formula is C13H9Cl3N2. The Morgan fingerprint density at radius 2 is 1.72 bits per heavy atom. The molecule has 1 aliphatic rings. The van der Waals surface area contributed by atoms with Gasteiger partial charge in [0.15, 0.2) is 0 Å². The molecule has 0 aliphatic heterocycles. The van der Waals surface area contributed by atoms with Crippen LogP contribution in [0.25, 0.3) is 11.3 Å². The lowest BCUT2D eigenvalue weighted by Gasteiger charge is -2.05. The number of benzene rings is 1. The maximum Gasteiger partial charge on any atom is 0.133 e. The maximum atomic E-state index is 6.03. The van der Waals surface area contributed by atoms with Gasteiger partial charge in [-0.05, 0) is 25.0 Å². The van der Waals surface area contributed by atoms with E-state index in [1.807, 2.05) is 6.07 Å². The summed E-state index contributed by atoms with van der Waals surface area (Å²) in [6.07, 6.45) is 2.28. The Morgan fingerprint density at radius 3 is 2.39 bits per heavy atom. The zero-order valence-corrected chi connectivity index (χ0v) is 11.6. The Balaban J connectivity index is 2.07. The lowest BCUT2D eigenvalue weighted by Crippen LogP contribution is -1.95. The van der Waals surface area contributed by atoms with E-state index in [2.05, 4.69) is 9.97 Å². The van der Waals surface area contributed by atoms with Crippen molar-refractivity contribution in [2.75, 3.05) is 0 Å². The van der Waals surface area contributed by atoms with E-state index >= 15 is 0 Å². The third-order valence-corrected chi connectivity index (χ3v) is 3.80. The fraction of sp³-hybridized carbons (Fsp3) is 0.231. The third kappa shape index (κ3) is 2.46. The van der Waals surface area contributed by atoms with Gasteiger partial charge < -0.3 is 0 Å². The van der Waals surface area contributed by atoms with Gasteiger partial charge in [0.05, 0.1) is 15.7 Å². The summed E-state index contributed by atoms with van der Waals surface area (Å²) in [7, 11) is 0. The smallest absolute Gasteiger partial charge is 0.133 e. The molecule has 2 nitrogen and oxygen atoms in total. The van der Waals surface area contributed by atoms with Gasteiger partial charge in [0.25, 0.3) is 0 Å². The van der Waals surface area contributed by atoms with Crippen LogP contribution in [-0.4, -0.2) is 9.97 Å². The van der Waals surface area contributed by atoms with Crippen LogP contribution in [-0.2, 0) is 0 Å². The highest BCUT2D eigenvalue weighted by atomic mass is 35.5. The Hall–Kier alpha value is -0.830. The highest BCUT2D eigenvalue weighted by Gasteiger charge is 2.27. The molecule has 1 aliphatic carbocycles. The van der Waals surface area contributed by atoms with Crippen LogP contribution in [0.3, 0.4) is 0 Å². The molecule has 1 fully saturated rings. The summed E-state index contributed by atoms with van der Waals surface area (Å²) < 4.78 is 0. The van der Waals surface area contributed by atoms with Crippen molar-refractivity contribution >= 4 is 34.8 Å². The molecule has 18 heavy (non-hydrogen) atoms. The maximum absolute atomic E-state index is 6.03. The highest BCUT2D eigenvalue weighted by Crippen LogP contribution is 2.39. The fourth-order valence-electron chi connectivity index (χ4n) is 1.76. The molecule has 0 unspecified atom stereocenters. The molecule has 1 aromatic carbocycles. The first kappa shape index (κ1) is 12.2. The topological polar surface area (TPSA) is 25.8 Å². The Morgan fingerprint density at radius 1 is 0.944 bits per heavy atom. The lowest BCUT2D eigenvalue weighted by atomic mass is 10.1. The van der Waals surface area contributed by atoms with Crippen LogP contribution in [0.2, 0.25) is 15.2 Å². The molecule has 2 aromatic rings. The fourth-order valence-corrected chi connectivity index (χ4v) is 2.25. The van der Waals surface area contributed by atoms with E-state index in [0.29, 0.717) is 21.1 Å². The number of halogens is 3. The number of hydrogen-bond donors (Lipinski definition) is 0. The molecule has 0 atom stereocenters. The third-order valence-electron chi connectivity index (χ3n) is 2.87. The van der Waals surface area contributed by atoms with E-state index in [-0.39, 0.29) is 0 Å². The first-order valence-electron chi connectivity index (χ1n) is 5.63. The molecule has 0 spiro atoms. The molecule has 0 bridgehead atoms. The average Bonchev–Trinajstić information content (AvgIpc) is 3.16.